The Bertz CT molecular complexity index is 834. The molecule has 0 saturated carbocycles. The molecule has 0 amide bonds. The molecule has 4 nitrogen and oxygen atoms in total. The van der Waals surface area contributed by atoms with E-state index in [1.807, 2.05) is 6.92 Å². The first-order valence-electron chi connectivity index (χ1n) is 7.48. The zero-order valence-corrected chi connectivity index (χ0v) is 13.5. The summed E-state index contributed by atoms with van der Waals surface area (Å²) in [4.78, 5) is 4.44. The third-order valence-electron chi connectivity index (χ3n) is 3.97. The summed E-state index contributed by atoms with van der Waals surface area (Å²) in [6, 6.07) is 5.36. The minimum Gasteiger partial charge on any atom is -0.421 e. The van der Waals surface area contributed by atoms with E-state index >= 15 is 0 Å². The number of alkyl halides is 3. The van der Waals surface area contributed by atoms with E-state index in [1.165, 1.54) is 12.1 Å². The molecule has 7 heteroatoms. The Labute approximate surface area is 137 Å². The van der Waals surface area contributed by atoms with Crippen molar-refractivity contribution in [1.82, 2.24) is 10.2 Å². The van der Waals surface area contributed by atoms with Gasteiger partial charge in [0.25, 0.3) is 0 Å². The summed E-state index contributed by atoms with van der Waals surface area (Å²) < 4.78 is 44.6. The minimum atomic E-state index is -4.38. The maximum absolute atomic E-state index is 13.0. The van der Waals surface area contributed by atoms with Gasteiger partial charge in [0.15, 0.2) is 0 Å². The number of benzene rings is 1. The first-order chi connectivity index (χ1) is 11.3. The highest BCUT2D eigenvalue weighted by Gasteiger charge is 2.33. The summed E-state index contributed by atoms with van der Waals surface area (Å²) in [5, 5.41) is 7.85. The van der Waals surface area contributed by atoms with Crippen LogP contribution < -0.4 is 0 Å². The molecular weight excluding hydrogens is 319 g/mol. The summed E-state index contributed by atoms with van der Waals surface area (Å²) in [5.74, 6) is 0.410. The molecule has 0 N–H and O–H groups in total. The number of hydrogen-bond donors (Lipinski definition) is 0. The molecule has 126 valence electrons. The molecule has 24 heavy (non-hydrogen) atoms. The molecule has 2 aromatic rings. The molecule has 3 rings (SSSR count). The normalized spacial score (nSPS) is 18.8. The molecule has 0 saturated heterocycles. The van der Waals surface area contributed by atoms with Crippen LogP contribution in [0, 0.1) is 6.92 Å². The van der Waals surface area contributed by atoms with Crippen LogP contribution in [0.4, 0.5) is 13.2 Å². The Balaban J connectivity index is 2.11. The lowest BCUT2D eigenvalue weighted by atomic mass is 9.83. The van der Waals surface area contributed by atoms with Gasteiger partial charge < -0.3 is 4.42 Å². The lowest BCUT2D eigenvalue weighted by molar-refractivity contribution is -0.137. The smallest absolute Gasteiger partial charge is 0.416 e. The van der Waals surface area contributed by atoms with E-state index in [4.69, 9.17) is 4.42 Å². The van der Waals surface area contributed by atoms with Crippen molar-refractivity contribution in [3.63, 3.8) is 0 Å². The molecule has 0 spiro atoms. The predicted octanol–water partition coefficient (Wildman–Crippen LogP) is 4.78. The molecule has 1 aliphatic heterocycles. The van der Waals surface area contributed by atoms with Gasteiger partial charge in [-0.05, 0) is 31.9 Å². The van der Waals surface area contributed by atoms with Crippen LogP contribution in [0.5, 0.6) is 0 Å². The Morgan fingerprint density at radius 3 is 2.50 bits per heavy atom. The Morgan fingerprint density at radius 1 is 1.12 bits per heavy atom. The molecular formula is C17H16F3N3O. The number of nitrogens with zero attached hydrogens (tertiary/aromatic N) is 3. The maximum atomic E-state index is 13.0. The summed E-state index contributed by atoms with van der Waals surface area (Å²) in [5.41, 5.74) is 2.11. The number of allylic oxidation sites excluding steroid dienone is 2. The van der Waals surface area contributed by atoms with Gasteiger partial charge in [0.2, 0.25) is 11.8 Å². The van der Waals surface area contributed by atoms with Gasteiger partial charge in [-0.1, -0.05) is 18.2 Å². The third kappa shape index (κ3) is 3.11. The van der Waals surface area contributed by atoms with E-state index in [1.54, 1.807) is 19.9 Å². The van der Waals surface area contributed by atoms with Gasteiger partial charge in [-0.15, -0.1) is 10.2 Å². The SMILES string of the molecule is CC1=NC(C)=C(c2nnc(C)o2)C(c2cccc(C(F)(F)F)c2)C1. The van der Waals surface area contributed by atoms with Gasteiger partial charge in [0.05, 0.1) is 5.56 Å². The fourth-order valence-electron chi connectivity index (χ4n) is 2.97. The van der Waals surface area contributed by atoms with Crippen molar-refractivity contribution >= 4 is 11.3 Å². The van der Waals surface area contributed by atoms with E-state index in [0.29, 0.717) is 35.0 Å². The zero-order valence-electron chi connectivity index (χ0n) is 13.5. The monoisotopic (exact) mass is 335 g/mol. The number of rotatable bonds is 2. The highest BCUT2D eigenvalue weighted by Crippen LogP contribution is 2.41. The molecule has 1 unspecified atom stereocenters. The van der Waals surface area contributed by atoms with Gasteiger partial charge in [-0.3, -0.25) is 4.99 Å². The Kier molecular flexibility index (Phi) is 4.03. The van der Waals surface area contributed by atoms with Gasteiger partial charge in [-0.2, -0.15) is 13.2 Å². The molecule has 1 aromatic carbocycles. The Morgan fingerprint density at radius 2 is 1.88 bits per heavy atom. The van der Waals surface area contributed by atoms with Gasteiger partial charge in [-0.25, -0.2) is 0 Å². The molecule has 2 heterocycles. The van der Waals surface area contributed by atoms with Crippen molar-refractivity contribution in [2.24, 2.45) is 4.99 Å². The average molecular weight is 335 g/mol. The third-order valence-corrected chi connectivity index (χ3v) is 3.97. The molecule has 0 bridgehead atoms. The highest BCUT2D eigenvalue weighted by molar-refractivity contribution is 5.90. The van der Waals surface area contributed by atoms with Crippen LogP contribution in [0.15, 0.2) is 39.4 Å². The summed E-state index contributed by atoms with van der Waals surface area (Å²) in [6.45, 7) is 5.33. The second-order valence-electron chi connectivity index (χ2n) is 5.85. The Hall–Kier alpha value is -2.44. The van der Waals surface area contributed by atoms with Crippen molar-refractivity contribution in [1.29, 1.82) is 0 Å². The van der Waals surface area contributed by atoms with Crippen LogP contribution in [-0.4, -0.2) is 15.9 Å². The van der Waals surface area contributed by atoms with Crippen LogP contribution in [0.2, 0.25) is 0 Å². The molecule has 1 aromatic heterocycles. The maximum Gasteiger partial charge on any atom is 0.416 e. The van der Waals surface area contributed by atoms with Crippen LogP contribution in [0.25, 0.3) is 5.57 Å². The number of aliphatic imine (C=N–C) groups is 1. The second kappa shape index (κ2) is 5.89. The number of halogens is 3. The fraction of sp³-hybridized carbons (Fsp3) is 0.353. The topological polar surface area (TPSA) is 51.3 Å². The van der Waals surface area contributed by atoms with Crippen molar-refractivity contribution < 1.29 is 17.6 Å². The van der Waals surface area contributed by atoms with Crippen molar-refractivity contribution in [2.45, 2.75) is 39.3 Å². The van der Waals surface area contributed by atoms with E-state index in [-0.39, 0.29) is 5.92 Å². The number of hydrogen-bond acceptors (Lipinski definition) is 4. The van der Waals surface area contributed by atoms with E-state index in [2.05, 4.69) is 15.2 Å². The lowest BCUT2D eigenvalue weighted by Crippen LogP contribution is -2.14. The van der Waals surface area contributed by atoms with Crippen LogP contribution in [0.1, 0.15) is 49.1 Å². The van der Waals surface area contributed by atoms with Crippen LogP contribution in [0.3, 0.4) is 0 Å². The van der Waals surface area contributed by atoms with E-state index < -0.39 is 11.7 Å². The first kappa shape index (κ1) is 16.4. The van der Waals surface area contributed by atoms with Crippen molar-refractivity contribution in [2.75, 3.05) is 0 Å². The van der Waals surface area contributed by atoms with Crippen LogP contribution >= 0.6 is 0 Å². The summed E-state index contributed by atoms with van der Waals surface area (Å²) in [7, 11) is 0. The molecule has 0 radical (unpaired) electrons. The average Bonchev–Trinajstić information content (AvgIpc) is 2.92. The van der Waals surface area contributed by atoms with Gasteiger partial charge in [0.1, 0.15) is 0 Å². The highest BCUT2D eigenvalue weighted by atomic mass is 19.4. The quantitative estimate of drug-likeness (QED) is 0.794. The lowest BCUT2D eigenvalue weighted by Gasteiger charge is -2.24. The first-order valence-corrected chi connectivity index (χ1v) is 7.48. The van der Waals surface area contributed by atoms with Crippen molar-refractivity contribution in [3.05, 3.63) is 52.9 Å². The van der Waals surface area contributed by atoms with Crippen LogP contribution in [-0.2, 0) is 6.18 Å². The second-order valence-corrected chi connectivity index (χ2v) is 5.85. The standard InChI is InChI=1S/C17H16F3N3O/c1-9-7-14(12-5-4-6-13(8-12)17(18,19)20)15(10(2)21-9)16-23-22-11(3)24-16/h4-6,8,14H,7H2,1-3H3. The molecule has 0 aliphatic carbocycles. The largest absolute Gasteiger partial charge is 0.421 e. The number of aryl methyl sites for hydroxylation is 1. The van der Waals surface area contributed by atoms with E-state index in [9.17, 15) is 13.2 Å². The van der Waals surface area contributed by atoms with Gasteiger partial charge in [0, 0.05) is 29.8 Å². The van der Waals surface area contributed by atoms with Gasteiger partial charge >= 0.3 is 6.18 Å². The number of aromatic nitrogens is 2. The van der Waals surface area contributed by atoms with E-state index in [0.717, 1.165) is 11.8 Å². The summed E-state index contributed by atoms with van der Waals surface area (Å²) >= 11 is 0. The minimum absolute atomic E-state index is 0.301. The fourth-order valence-corrected chi connectivity index (χ4v) is 2.97. The van der Waals surface area contributed by atoms with Crippen molar-refractivity contribution in [3.8, 4) is 0 Å². The molecule has 0 fully saturated rings. The molecule has 1 atom stereocenters. The molecule has 1 aliphatic rings. The zero-order chi connectivity index (χ0) is 17.5. The summed E-state index contributed by atoms with van der Waals surface area (Å²) in [6.07, 6.45) is -3.87. The predicted molar refractivity (Wildman–Crippen MR) is 83.5 cm³/mol.